The van der Waals surface area contributed by atoms with Crippen LogP contribution in [0, 0.1) is 0 Å². The van der Waals surface area contributed by atoms with Gasteiger partial charge in [0, 0.05) is 9.85 Å². The topological polar surface area (TPSA) is 99.5 Å². The first-order chi connectivity index (χ1) is 9.45. The van der Waals surface area contributed by atoms with Gasteiger partial charge in [-0.1, -0.05) is 15.9 Å². The van der Waals surface area contributed by atoms with Crippen molar-refractivity contribution < 1.29 is 19.8 Å². The average molecular weight is 357 g/mol. The van der Waals surface area contributed by atoms with Crippen LogP contribution in [-0.4, -0.2) is 27.1 Å². The number of thiazole rings is 1. The average Bonchev–Trinajstić information content (AvgIpc) is 2.75. The van der Waals surface area contributed by atoms with Gasteiger partial charge in [-0.25, -0.2) is 4.98 Å². The highest BCUT2D eigenvalue weighted by Crippen LogP contribution is 2.24. The molecule has 0 aliphatic heterocycles. The predicted molar refractivity (Wildman–Crippen MR) is 77.2 cm³/mol. The molecule has 0 saturated heterocycles. The Morgan fingerprint density at radius 3 is 2.80 bits per heavy atom. The summed E-state index contributed by atoms with van der Waals surface area (Å²) in [4.78, 5) is 26.5. The summed E-state index contributed by atoms with van der Waals surface area (Å²) in [6.07, 6.45) is -0.199. The number of nitrogens with one attached hydrogen (secondary N) is 1. The van der Waals surface area contributed by atoms with Crippen LogP contribution in [0.4, 0.5) is 5.13 Å². The summed E-state index contributed by atoms with van der Waals surface area (Å²) in [5.74, 6) is -1.65. The van der Waals surface area contributed by atoms with Crippen LogP contribution in [0.25, 0.3) is 0 Å². The number of hydrogen-bond acceptors (Lipinski definition) is 5. The number of nitrogens with zero attached hydrogens (tertiary/aromatic N) is 1. The summed E-state index contributed by atoms with van der Waals surface area (Å²) in [5, 5.41) is 22.7. The fourth-order valence-electron chi connectivity index (χ4n) is 1.46. The Morgan fingerprint density at radius 1 is 1.40 bits per heavy atom. The Labute approximate surface area is 126 Å². The summed E-state index contributed by atoms with van der Waals surface area (Å²) in [6, 6.07) is 4.51. The van der Waals surface area contributed by atoms with Crippen molar-refractivity contribution in [1.82, 2.24) is 4.98 Å². The number of carboxylic acids is 1. The lowest BCUT2D eigenvalue weighted by Gasteiger charge is -2.04. The lowest BCUT2D eigenvalue weighted by atomic mass is 10.2. The van der Waals surface area contributed by atoms with Gasteiger partial charge in [0.2, 0.25) is 0 Å². The largest absolute Gasteiger partial charge is 0.507 e. The van der Waals surface area contributed by atoms with E-state index >= 15 is 0 Å². The van der Waals surface area contributed by atoms with Crippen LogP contribution in [0.15, 0.2) is 28.1 Å². The molecule has 0 fully saturated rings. The number of rotatable bonds is 4. The van der Waals surface area contributed by atoms with Crippen LogP contribution in [0.2, 0.25) is 0 Å². The lowest BCUT2D eigenvalue weighted by molar-refractivity contribution is -0.136. The normalized spacial score (nSPS) is 10.2. The summed E-state index contributed by atoms with van der Waals surface area (Å²) in [7, 11) is 0. The van der Waals surface area contributed by atoms with Crippen molar-refractivity contribution in [2.45, 2.75) is 6.42 Å². The minimum Gasteiger partial charge on any atom is -0.507 e. The number of aliphatic carboxylic acids is 1. The fraction of sp³-hybridized carbons (Fsp3) is 0.0833. The second-order valence-electron chi connectivity index (χ2n) is 3.83. The van der Waals surface area contributed by atoms with Gasteiger partial charge in [0.05, 0.1) is 17.7 Å². The van der Waals surface area contributed by atoms with Gasteiger partial charge in [-0.15, -0.1) is 11.3 Å². The molecule has 0 bridgehead atoms. The number of aromatic hydroxyl groups is 1. The molecule has 1 aromatic carbocycles. The van der Waals surface area contributed by atoms with E-state index < -0.39 is 11.9 Å². The molecule has 0 aliphatic carbocycles. The van der Waals surface area contributed by atoms with Crippen molar-refractivity contribution in [3.8, 4) is 5.75 Å². The molecule has 6 nitrogen and oxygen atoms in total. The Balaban J connectivity index is 2.11. The third-order valence-corrected chi connectivity index (χ3v) is 3.61. The molecule has 0 radical (unpaired) electrons. The Kier molecular flexibility index (Phi) is 4.35. The molecule has 1 heterocycles. The van der Waals surface area contributed by atoms with E-state index in [0.29, 0.717) is 10.2 Å². The maximum Gasteiger partial charge on any atom is 0.309 e. The highest BCUT2D eigenvalue weighted by molar-refractivity contribution is 9.10. The van der Waals surface area contributed by atoms with E-state index in [2.05, 4.69) is 26.2 Å². The number of halogens is 1. The van der Waals surface area contributed by atoms with Crippen molar-refractivity contribution in [2.24, 2.45) is 0 Å². The molecule has 0 saturated carbocycles. The Morgan fingerprint density at radius 2 is 2.15 bits per heavy atom. The number of benzene rings is 1. The summed E-state index contributed by atoms with van der Waals surface area (Å²) in [6.45, 7) is 0. The van der Waals surface area contributed by atoms with Gasteiger partial charge >= 0.3 is 5.97 Å². The summed E-state index contributed by atoms with van der Waals surface area (Å²) < 4.78 is 0.657. The van der Waals surface area contributed by atoms with Gasteiger partial charge in [-0.2, -0.15) is 0 Å². The van der Waals surface area contributed by atoms with Crippen LogP contribution < -0.4 is 5.32 Å². The molecule has 0 aliphatic rings. The number of carbonyl (C=O) groups excluding carboxylic acids is 1. The van der Waals surface area contributed by atoms with Crippen LogP contribution in [0.3, 0.4) is 0 Å². The number of carboxylic acid groups (broad SMARTS) is 1. The molecule has 20 heavy (non-hydrogen) atoms. The fourth-order valence-corrected chi connectivity index (χ4v) is 2.52. The van der Waals surface area contributed by atoms with E-state index in [1.807, 2.05) is 0 Å². The van der Waals surface area contributed by atoms with Gasteiger partial charge in [0.25, 0.3) is 5.91 Å². The van der Waals surface area contributed by atoms with E-state index in [-0.39, 0.29) is 22.9 Å². The van der Waals surface area contributed by atoms with Gasteiger partial charge in [-0.3, -0.25) is 14.9 Å². The minimum absolute atomic E-state index is 0.114. The molecule has 104 valence electrons. The Bertz CT molecular complexity index is 671. The first-order valence-corrected chi connectivity index (χ1v) is 7.09. The summed E-state index contributed by atoms with van der Waals surface area (Å²) >= 11 is 4.31. The van der Waals surface area contributed by atoms with E-state index in [0.717, 1.165) is 11.3 Å². The maximum atomic E-state index is 11.9. The monoisotopic (exact) mass is 356 g/mol. The van der Waals surface area contributed by atoms with E-state index in [1.165, 1.54) is 12.1 Å². The number of carbonyl (C=O) groups is 2. The molecule has 0 spiro atoms. The van der Waals surface area contributed by atoms with Crippen molar-refractivity contribution in [3.05, 3.63) is 39.3 Å². The SMILES string of the molecule is O=C(O)Cc1csc(NC(=O)c2ccc(Br)cc2O)n1. The molecule has 3 N–H and O–H groups in total. The van der Waals surface area contributed by atoms with E-state index in [9.17, 15) is 14.7 Å². The van der Waals surface area contributed by atoms with Crippen LogP contribution >= 0.6 is 27.3 Å². The minimum atomic E-state index is -0.987. The van der Waals surface area contributed by atoms with Gasteiger partial charge in [0.1, 0.15) is 5.75 Å². The molecule has 1 aromatic heterocycles. The first-order valence-electron chi connectivity index (χ1n) is 5.42. The van der Waals surface area contributed by atoms with Gasteiger partial charge < -0.3 is 10.2 Å². The third kappa shape index (κ3) is 3.55. The zero-order valence-corrected chi connectivity index (χ0v) is 12.4. The quantitative estimate of drug-likeness (QED) is 0.781. The molecule has 1 amide bonds. The van der Waals surface area contributed by atoms with E-state index in [1.54, 1.807) is 11.4 Å². The van der Waals surface area contributed by atoms with Crippen LogP contribution in [0.1, 0.15) is 16.1 Å². The number of anilines is 1. The van der Waals surface area contributed by atoms with Crippen LogP contribution in [0.5, 0.6) is 5.75 Å². The third-order valence-electron chi connectivity index (χ3n) is 2.31. The van der Waals surface area contributed by atoms with Crippen molar-refractivity contribution in [3.63, 3.8) is 0 Å². The molecule has 8 heteroatoms. The maximum absolute atomic E-state index is 11.9. The second-order valence-corrected chi connectivity index (χ2v) is 5.60. The Hall–Kier alpha value is -1.93. The zero-order valence-electron chi connectivity index (χ0n) is 9.96. The smallest absolute Gasteiger partial charge is 0.309 e. The van der Waals surface area contributed by atoms with Gasteiger partial charge in [-0.05, 0) is 18.2 Å². The van der Waals surface area contributed by atoms with Crippen molar-refractivity contribution in [2.75, 3.05) is 5.32 Å². The van der Waals surface area contributed by atoms with Gasteiger partial charge in [0.15, 0.2) is 5.13 Å². The number of phenolic OH excluding ortho intramolecular Hbond substituents is 1. The summed E-state index contributed by atoms with van der Waals surface area (Å²) in [5.41, 5.74) is 0.487. The number of amides is 1. The number of aromatic nitrogens is 1. The number of phenols is 1. The molecular weight excluding hydrogens is 348 g/mol. The standard InChI is InChI=1S/C12H9BrN2O4S/c13-6-1-2-8(9(16)3-6)11(19)15-12-14-7(5-20-12)4-10(17)18/h1-3,5,16H,4H2,(H,17,18)(H,14,15,19). The molecule has 2 rings (SSSR count). The lowest BCUT2D eigenvalue weighted by Crippen LogP contribution is -2.12. The van der Waals surface area contributed by atoms with Crippen molar-refractivity contribution in [1.29, 1.82) is 0 Å². The number of hydrogen-bond donors (Lipinski definition) is 3. The second kappa shape index (κ2) is 6.02. The molecule has 2 aromatic rings. The van der Waals surface area contributed by atoms with Crippen LogP contribution in [-0.2, 0) is 11.2 Å². The highest BCUT2D eigenvalue weighted by atomic mass is 79.9. The van der Waals surface area contributed by atoms with E-state index in [4.69, 9.17) is 5.11 Å². The molecule has 0 atom stereocenters. The predicted octanol–water partition coefficient (Wildman–Crippen LogP) is 2.49. The molecule has 0 unspecified atom stereocenters. The molecular formula is C12H9BrN2O4S. The first kappa shape index (κ1) is 14.5. The van der Waals surface area contributed by atoms with Crippen molar-refractivity contribution >= 4 is 44.3 Å². The zero-order chi connectivity index (χ0) is 14.7. The highest BCUT2D eigenvalue weighted by Gasteiger charge is 2.14.